The van der Waals surface area contributed by atoms with Crippen molar-refractivity contribution in [2.24, 2.45) is 0 Å². The quantitative estimate of drug-likeness (QED) is 0.400. The summed E-state index contributed by atoms with van der Waals surface area (Å²) in [6.07, 6.45) is 9.98. The van der Waals surface area contributed by atoms with E-state index >= 15 is 0 Å². The van der Waals surface area contributed by atoms with Gasteiger partial charge in [-0.25, -0.2) is 4.57 Å². The molecule has 0 saturated carbocycles. The van der Waals surface area contributed by atoms with E-state index in [1.54, 1.807) is 0 Å². The minimum Gasteiger partial charge on any atom is -0.379 e. The Kier molecular flexibility index (Phi) is 12.2. The summed E-state index contributed by atoms with van der Waals surface area (Å²) in [5, 5.41) is 0. The molecule has 0 bridgehead atoms. The van der Waals surface area contributed by atoms with Crippen molar-refractivity contribution in [3.8, 4) is 0 Å². The Morgan fingerprint density at radius 2 is 1.39 bits per heavy atom. The number of unbranched alkanes of at least 4 members (excludes halogenated alkanes) is 7. The molecule has 0 rings (SSSR count). The number of hydrogen-bond acceptors (Lipinski definition) is 3. The Morgan fingerprint density at radius 3 is 1.94 bits per heavy atom. The lowest BCUT2D eigenvalue weighted by Gasteiger charge is -2.06. The van der Waals surface area contributed by atoms with Gasteiger partial charge in [0.25, 0.3) is 0 Å². The maximum atomic E-state index is 10.3. The summed E-state index contributed by atoms with van der Waals surface area (Å²) in [4.78, 5) is 16.8. The fourth-order valence-corrected chi connectivity index (χ4v) is 1.97. The molecule has 0 aromatic heterocycles. The number of phosphoric ester groups is 1. The highest BCUT2D eigenvalue weighted by molar-refractivity contribution is 7.46. The number of phosphoric acid groups is 1. The first-order valence-electron chi connectivity index (χ1n) is 6.84. The van der Waals surface area contributed by atoms with Crippen molar-refractivity contribution in [3.05, 3.63) is 0 Å². The standard InChI is InChI=1S/C12H27O5P/c1-2-3-4-5-6-7-8-9-10-16-11-12-17-18(13,14)15/h2-12H2,1H3,(H2,13,14,15). The smallest absolute Gasteiger partial charge is 0.379 e. The van der Waals surface area contributed by atoms with Gasteiger partial charge in [0.1, 0.15) is 0 Å². The van der Waals surface area contributed by atoms with Crippen molar-refractivity contribution >= 4 is 7.82 Å². The topological polar surface area (TPSA) is 76.0 Å². The van der Waals surface area contributed by atoms with Crippen molar-refractivity contribution in [1.82, 2.24) is 0 Å². The minimum atomic E-state index is -4.33. The van der Waals surface area contributed by atoms with Crippen LogP contribution < -0.4 is 0 Å². The summed E-state index contributed by atoms with van der Waals surface area (Å²) in [5.74, 6) is 0. The minimum absolute atomic E-state index is 0.0543. The second-order valence-electron chi connectivity index (χ2n) is 4.41. The molecular formula is C12H27O5P. The van der Waals surface area contributed by atoms with Gasteiger partial charge in [0, 0.05) is 6.61 Å². The van der Waals surface area contributed by atoms with Crippen LogP contribution >= 0.6 is 7.82 Å². The highest BCUT2D eigenvalue weighted by Gasteiger charge is 2.12. The van der Waals surface area contributed by atoms with Crippen molar-refractivity contribution < 1.29 is 23.6 Å². The molecule has 0 spiro atoms. The first-order chi connectivity index (χ1) is 8.56. The lowest BCUT2D eigenvalue weighted by molar-refractivity contribution is 0.0831. The molecule has 0 atom stereocenters. The Morgan fingerprint density at radius 1 is 0.833 bits per heavy atom. The molecule has 0 amide bonds. The first-order valence-corrected chi connectivity index (χ1v) is 8.37. The Bertz CT molecular complexity index is 217. The van der Waals surface area contributed by atoms with Crippen LogP contribution in [-0.4, -0.2) is 29.6 Å². The zero-order valence-electron chi connectivity index (χ0n) is 11.3. The summed E-state index contributed by atoms with van der Waals surface area (Å²) in [6.45, 7) is 3.04. The van der Waals surface area contributed by atoms with Crippen LogP contribution in [-0.2, 0) is 13.8 Å². The number of ether oxygens (including phenoxy) is 1. The highest BCUT2D eigenvalue weighted by Crippen LogP contribution is 2.35. The molecule has 110 valence electrons. The molecule has 0 aliphatic carbocycles. The van der Waals surface area contributed by atoms with Gasteiger partial charge in [0.05, 0.1) is 13.2 Å². The van der Waals surface area contributed by atoms with Crippen LogP contribution in [0.1, 0.15) is 58.3 Å². The molecule has 0 aromatic rings. The summed E-state index contributed by atoms with van der Waals surface area (Å²) in [7, 11) is -4.33. The predicted molar refractivity (Wildman–Crippen MR) is 71.4 cm³/mol. The molecule has 0 aliphatic heterocycles. The van der Waals surface area contributed by atoms with E-state index in [2.05, 4.69) is 11.4 Å². The molecule has 0 unspecified atom stereocenters. The average molecular weight is 282 g/mol. The third-order valence-corrected chi connectivity index (χ3v) is 3.15. The van der Waals surface area contributed by atoms with Gasteiger partial charge in [-0.15, -0.1) is 0 Å². The zero-order chi connectivity index (χ0) is 13.7. The molecular weight excluding hydrogens is 255 g/mol. The maximum Gasteiger partial charge on any atom is 0.469 e. The molecule has 0 radical (unpaired) electrons. The molecule has 2 N–H and O–H groups in total. The van der Waals surface area contributed by atoms with Gasteiger partial charge in [-0.3, -0.25) is 4.52 Å². The highest BCUT2D eigenvalue weighted by atomic mass is 31.2. The zero-order valence-corrected chi connectivity index (χ0v) is 12.2. The number of rotatable bonds is 13. The SMILES string of the molecule is CCCCCCCCCCOCCOP(=O)(O)O. The molecule has 6 heteroatoms. The second kappa shape index (κ2) is 12.1. The Balaban J connectivity index is 3.01. The fraction of sp³-hybridized carbons (Fsp3) is 1.00. The van der Waals surface area contributed by atoms with E-state index in [1.807, 2.05) is 0 Å². The van der Waals surface area contributed by atoms with E-state index in [1.165, 1.54) is 38.5 Å². The first kappa shape index (κ1) is 18.1. The lowest BCUT2D eigenvalue weighted by atomic mass is 10.1. The third kappa shape index (κ3) is 16.1. The van der Waals surface area contributed by atoms with Crippen molar-refractivity contribution in [3.63, 3.8) is 0 Å². The van der Waals surface area contributed by atoms with Gasteiger partial charge >= 0.3 is 7.82 Å². The summed E-state index contributed by atoms with van der Waals surface area (Å²) >= 11 is 0. The van der Waals surface area contributed by atoms with Crippen molar-refractivity contribution in [2.75, 3.05) is 19.8 Å². The molecule has 0 fully saturated rings. The van der Waals surface area contributed by atoms with Crippen LogP contribution in [0, 0.1) is 0 Å². The Hall–Kier alpha value is 0.0700. The predicted octanol–water partition coefficient (Wildman–Crippen LogP) is 3.25. The molecule has 0 heterocycles. The van der Waals surface area contributed by atoms with Crippen LogP contribution in [0.25, 0.3) is 0 Å². The van der Waals surface area contributed by atoms with E-state index in [0.717, 1.165) is 12.8 Å². The lowest BCUT2D eigenvalue weighted by Crippen LogP contribution is -2.04. The summed E-state index contributed by atoms with van der Waals surface area (Å²) in [6, 6.07) is 0. The van der Waals surface area contributed by atoms with Gasteiger partial charge in [0.2, 0.25) is 0 Å². The van der Waals surface area contributed by atoms with Gasteiger partial charge < -0.3 is 14.5 Å². The fourth-order valence-electron chi connectivity index (χ4n) is 1.66. The molecule has 18 heavy (non-hydrogen) atoms. The van der Waals surface area contributed by atoms with Crippen molar-refractivity contribution in [2.45, 2.75) is 58.3 Å². The van der Waals surface area contributed by atoms with Crippen molar-refractivity contribution in [1.29, 1.82) is 0 Å². The average Bonchev–Trinajstić information content (AvgIpc) is 2.29. The van der Waals surface area contributed by atoms with E-state index < -0.39 is 7.82 Å². The van der Waals surface area contributed by atoms with Crippen LogP contribution in [0.15, 0.2) is 0 Å². The van der Waals surface area contributed by atoms with Crippen LogP contribution in [0.4, 0.5) is 0 Å². The van der Waals surface area contributed by atoms with Gasteiger partial charge in [-0.2, -0.15) is 0 Å². The van der Waals surface area contributed by atoms with E-state index in [0.29, 0.717) is 6.61 Å². The second-order valence-corrected chi connectivity index (χ2v) is 5.65. The molecule has 0 aliphatic rings. The molecule has 0 aromatic carbocycles. The normalized spacial score (nSPS) is 11.9. The summed E-state index contributed by atoms with van der Waals surface area (Å²) in [5.41, 5.74) is 0. The van der Waals surface area contributed by atoms with Gasteiger partial charge in [-0.1, -0.05) is 51.9 Å². The third-order valence-electron chi connectivity index (χ3n) is 2.63. The largest absolute Gasteiger partial charge is 0.469 e. The molecule has 5 nitrogen and oxygen atoms in total. The molecule has 0 saturated heterocycles. The van der Waals surface area contributed by atoms with E-state index in [4.69, 9.17) is 14.5 Å². The van der Waals surface area contributed by atoms with Gasteiger partial charge in [-0.05, 0) is 6.42 Å². The van der Waals surface area contributed by atoms with Crippen LogP contribution in [0.5, 0.6) is 0 Å². The Labute approximate surface area is 110 Å². The summed E-state index contributed by atoms with van der Waals surface area (Å²) < 4.78 is 19.8. The van der Waals surface area contributed by atoms with E-state index in [-0.39, 0.29) is 13.2 Å². The number of hydrogen-bond donors (Lipinski definition) is 2. The maximum absolute atomic E-state index is 10.3. The van der Waals surface area contributed by atoms with Crippen LogP contribution in [0.3, 0.4) is 0 Å². The van der Waals surface area contributed by atoms with E-state index in [9.17, 15) is 4.57 Å². The van der Waals surface area contributed by atoms with Crippen LogP contribution in [0.2, 0.25) is 0 Å². The van der Waals surface area contributed by atoms with Gasteiger partial charge in [0.15, 0.2) is 0 Å². The monoisotopic (exact) mass is 282 g/mol.